The molecule has 0 aromatic heterocycles. The molecule has 3 aromatic carbocycles. The van der Waals surface area contributed by atoms with Gasteiger partial charge in [0.2, 0.25) is 11.6 Å². The molecule has 1 aliphatic rings. The Labute approximate surface area is 180 Å². The average molecular weight is 411 g/mol. The highest BCUT2D eigenvalue weighted by Gasteiger charge is 2.25. The lowest BCUT2D eigenvalue weighted by atomic mass is 9.96. The van der Waals surface area contributed by atoms with E-state index < -0.39 is 11.6 Å². The van der Waals surface area contributed by atoms with Crippen molar-refractivity contribution in [3.63, 3.8) is 0 Å². The second-order valence-electron chi connectivity index (χ2n) is 7.21. The van der Waals surface area contributed by atoms with E-state index in [1.54, 1.807) is 42.6 Å². The van der Waals surface area contributed by atoms with E-state index in [2.05, 4.69) is 0 Å². The number of anilines is 1. The van der Waals surface area contributed by atoms with E-state index in [0.717, 1.165) is 17.7 Å². The highest BCUT2D eigenvalue weighted by molar-refractivity contribution is 6.58. The fourth-order valence-electron chi connectivity index (χ4n) is 3.69. The number of hydrogen-bond donors (Lipinski definition) is 0. The molecule has 0 saturated carbocycles. The summed E-state index contributed by atoms with van der Waals surface area (Å²) in [5.74, 6) is -1.49. The molecule has 1 aliphatic heterocycles. The second kappa shape index (κ2) is 8.79. The summed E-state index contributed by atoms with van der Waals surface area (Å²) < 4.78 is 4.80. The van der Waals surface area contributed by atoms with Crippen LogP contribution < -0.4 is 4.90 Å². The van der Waals surface area contributed by atoms with Gasteiger partial charge in [0, 0.05) is 29.6 Å². The first-order valence-electron chi connectivity index (χ1n) is 9.97. The van der Waals surface area contributed by atoms with Crippen molar-refractivity contribution in [2.24, 2.45) is 0 Å². The van der Waals surface area contributed by atoms with Gasteiger partial charge < -0.3 is 9.64 Å². The van der Waals surface area contributed by atoms with Gasteiger partial charge >= 0.3 is 5.97 Å². The Balaban J connectivity index is 1.72. The molecule has 31 heavy (non-hydrogen) atoms. The molecule has 3 aromatic rings. The molecule has 0 atom stereocenters. The maximum atomic E-state index is 13.2. The normalized spacial score (nSPS) is 12.9. The maximum Gasteiger partial charge on any atom is 0.337 e. The van der Waals surface area contributed by atoms with Crippen LogP contribution in [0, 0.1) is 0 Å². The van der Waals surface area contributed by atoms with Crippen molar-refractivity contribution in [1.82, 2.24) is 0 Å². The molecular weight excluding hydrogens is 390 g/mol. The predicted octanol–water partition coefficient (Wildman–Crippen LogP) is 4.33. The fourth-order valence-corrected chi connectivity index (χ4v) is 3.69. The third-order valence-electron chi connectivity index (χ3n) is 5.29. The summed E-state index contributed by atoms with van der Waals surface area (Å²) in [4.78, 5) is 39.9. The fraction of sp³-hybridized carbons (Fsp3) is 0.115. The minimum atomic E-state index is -0.558. The van der Waals surface area contributed by atoms with E-state index in [0.29, 0.717) is 28.8 Å². The lowest BCUT2D eigenvalue weighted by molar-refractivity contribution is -0.110. The molecule has 0 aliphatic carbocycles. The van der Waals surface area contributed by atoms with Gasteiger partial charge in [-0.15, -0.1) is 0 Å². The Bertz CT molecular complexity index is 1170. The van der Waals surface area contributed by atoms with E-state index in [4.69, 9.17) is 4.74 Å². The van der Waals surface area contributed by atoms with Gasteiger partial charge in [-0.25, -0.2) is 4.79 Å². The maximum absolute atomic E-state index is 13.2. The summed E-state index contributed by atoms with van der Waals surface area (Å²) in [6.07, 6.45) is 2.46. The molecule has 0 spiro atoms. The number of rotatable bonds is 6. The number of Topliss-reactive ketones (excluding diaryl/α,β-unsaturated/α-hetero) is 2. The Morgan fingerprint density at radius 3 is 2.13 bits per heavy atom. The van der Waals surface area contributed by atoms with Crippen LogP contribution in [0.25, 0.3) is 5.57 Å². The SMILES string of the molecule is COC(=O)c1ccc2c(c1)CCN2/C=C(/C(=O)C(=O)c1ccccc1)c1ccccc1. The monoisotopic (exact) mass is 411 g/mol. The van der Waals surface area contributed by atoms with Crippen LogP contribution in [0.15, 0.2) is 85.1 Å². The molecule has 0 unspecified atom stereocenters. The highest BCUT2D eigenvalue weighted by atomic mass is 16.5. The van der Waals surface area contributed by atoms with E-state index in [9.17, 15) is 14.4 Å². The molecule has 4 rings (SSSR count). The third kappa shape index (κ3) is 4.16. The number of allylic oxidation sites excluding steroid dienone is 1. The Morgan fingerprint density at radius 1 is 0.839 bits per heavy atom. The minimum absolute atomic E-state index is 0.333. The predicted molar refractivity (Wildman–Crippen MR) is 119 cm³/mol. The first-order chi connectivity index (χ1) is 15.1. The molecule has 5 heteroatoms. The molecule has 1 heterocycles. The largest absolute Gasteiger partial charge is 0.465 e. The van der Waals surface area contributed by atoms with E-state index in [1.165, 1.54) is 7.11 Å². The summed E-state index contributed by atoms with van der Waals surface area (Å²) >= 11 is 0. The summed E-state index contributed by atoms with van der Waals surface area (Å²) in [6, 6.07) is 23.1. The molecule has 0 N–H and O–H groups in total. The summed E-state index contributed by atoms with van der Waals surface area (Å²) in [7, 11) is 1.35. The number of nitrogens with zero attached hydrogens (tertiary/aromatic N) is 1. The molecule has 0 saturated heterocycles. The van der Waals surface area contributed by atoms with Crippen LogP contribution >= 0.6 is 0 Å². The Hall–Kier alpha value is -3.99. The van der Waals surface area contributed by atoms with Crippen molar-refractivity contribution < 1.29 is 19.1 Å². The Morgan fingerprint density at radius 2 is 1.48 bits per heavy atom. The van der Waals surface area contributed by atoms with Crippen LogP contribution in [0.1, 0.15) is 31.8 Å². The number of carbonyl (C=O) groups excluding carboxylic acids is 3. The molecule has 0 amide bonds. The van der Waals surface area contributed by atoms with Crippen molar-refractivity contribution in [2.75, 3.05) is 18.6 Å². The third-order valence-corrected chi connectivity index (χ3v) is 5.29. The Kier molecular flexibility index (Phi) is 5.76. The summed E-state index contributed by atoms with van der Waals surface area (Å²) in [5.41, 5.74) is 3.76. The first kappa shape index (κ1) is 20.3. The van der Waals surface area contributed by atoms with E-state index >= 15 is 0 Å². The van der Waals surface area contributed by atoms with Crippen molar-refractivity contribution in [3.8, 4) is 0 Å². The zero-order chi connectivity index (χ0) is 21.8. The van der Waals surface area contributed by atoms with Gasteiger partial charge in [0.25, 0.3) is 0 Å². The first-order valence-corrected chi connectivity index (χ1v) is 9.97. The van der Waals surface area contributed by atoms with Gasteiger partial charge in [-0.3, -0.25) is 9.59 Å². The number of fused-ring (bicyclic) bond motifs is 1. The summed E-state index contributed by atoms with van der Waals surface area (Å²) in [6.45, 7) is 0.642. The quantitative estimate of drug-likeness (QED) is 0.261. The van der Waals surface area contributed by atoms with Crippen molar-refractivity contribution in [2.45, 2.75) is 6.42 Å². The number of ketones is 2. The lowest BCUT2D eigenvalue weighted by Crippen LogP contribution is -2.20. The number of methoxy groups -OCH3 is 1. The molecule has 5 nitrogen and oxygen atoms in total. The zero-order valence-corrected chi connectivity index (χ0v) is 17.1. The van der Waals surface area contributed by atoms with Crippen LogP contribution in [-0.2, 0) is 16.0 Å². The molecule has 0 bridgehead atoms. The second-order valence-corrected chi connectivity index (χ2v) is 7.21. The average Bonchev–Trinajstić information content (AvgIpc) is 3.24. The topological polar surface area (TPSA) is 63.7 Å². The van der Waals surface area contributed by atoms with Crippen molar-refractivity contribution in [1.29, 1.82) is 0 Å². The molecule has 0 radical (unpaired) electrons. The van der Waals surface area contributed by atoms with Crippen LogP contribution in [0.2, 0.25) is 0 Å². The number of esters is 1. The lowest BCUT2D eigenvalue weighted by Gasteiger charge is -2.17. The zero-order valence-electron chi connectivity index (χ0n) is 17.1. The summed E-state index contributed by atoms with van der Waals surface area (Å²) in [5, 5.41) is 0. The molecule has 0 fully saturated rings. The minimum Gasteiger partial charge on any atom is -0.465 e. The van der Waals surface area contributed by atoms with Gasteiger partial charge in [-0.1, -0.05) is 60.7 Å². The van der Waals surface area contributed by atoms with Crippen molar-refractivity contribution >= 4 is 28.8 Å². The molecule has 154 valence electrons. The number of carbonyl (C=O) groups is 3. The van der Waals surface area contributed by atoms with Crippen LogP contribution in [0.3, 0.4) is 0 Å². The van der Waals surface area contributed by atoms with E-state index in [1.807, 2.05) is 47.4 Å². The number of benzene rings is 3. The smallest absolute Gasteiger partial charge is 0.337 e. The van der Waals surface area contributed by atoms with Crippen LogP contribution in [-0.4, -0.2) is 31.2 Å². The van der Waals surface area contributed by atoms with Gasteiger partial charge in [0.1, 0.15) is 0 Å². The van der Waals surface area contributed by atoms with E-state index in [-0.39, 0.29) is 5.97 Å². The van der Waals surface area contributed by atoms with Crippen LogP contribution in [0.4, 0.5) is 5.69 Å². The van der Waals surface area contributed by atoms with Gasteiger partial charge in [0.05, 0.1) is 12.7 Å². The molecular formula is C26H21NO4. The highest BCUT2D eigenvalue weighted by Crippen LogP contribution is 2.31. The van der Waals surface area contributed by atoms with Crippen LogP contribution in [0.5, 0.6) is 0 Å². The number of hydrogen-bond acceptors (Lipinski definition) is 5. The van der Waals surface area contributed by atoms with Gasteiger partial charge in [-0.05, 0) is 35.7 Å². The standard InChI is InChI=1S/C26H21NO4/c1-31-26(30)21-12-13-23-20(16-21)14-15-27(23)17-22(18-8-4-2-5-9-18)25(29)24(28)19-10-6-3-7-11-19/h2-13,16-17H,14-15H2,1H3/b22-17+. The van der Waals surface area contributed by atoms with Gasteiger partial charge in [-0.2, -0.15) is 0 Å². The van der Waals surface area contributed by atoms with Crippen molar-refractivity contribution in [3.05, 3.63) is 107 Å². The van der Waals surface area contributed by atoms with Gasteiger partial charge in [0.15, 0.2) is 0 Å². The number of ether oxygens (including phenoxy) is 1.